The van der Waals surface area contributed by atoms with E-state index < -0.39 is 5.54 Å². The fourth-order valence-electron chi connectivity index (χ4n) is 1.96. The summed E-state index contributed by atoms with van der Waals surface area (Å²) in [6.07, 6.45) is 2.71. The lowest BCUT2D eigenvalue weighted by Crippen LogP contribution is -2.39. The summed E-state index contributed by atoms with van der Waals surface area (Å²) in [7, 11) is 0. The van der Waals surface area contributed by atoms with Crippen molar-refractivity contribution >= 4 is 21.6 Å². The monoisotopic (exact) mass is 282 g/mol. The van der Waals surface area contributed by atoms with E-state index in [2.05, 4.69) is 26.1 Å². The van der Waals surface area contributed by atoms with Crippen LogP contribution in [0.2, 0.25) is 0 Å². The number of ether oxygens (including phenoxy) is 1. The van der Waals surface area contributed by atoms with Gasteiger partial charge in [0.05, 0.1) is 6.61 Å². The summed E-state index contributed by atoms with van der Waals surface area (Å²) < 4.78 is 8.24. The summed E-state index contributed by atoms with van der Waals surface area (Å²) in [5.74, 6) is 0.765. The third kappa shape index (κ3) is 1.45. The van der Waals surface area contributed by atoms with Gasteiger partial charge in [-0.15, -0.1) is 10.2 Å². The van der Waals surface area contributed by atoms with Crippen LogP contribution in [0.15, 0.2) is 22.8 Å². The quantitative estimate of drug-likeness (QED) is 0.850. The van der Waals surface area contributed by atoms with Gasteiger partial charge in [-0.05, 0) is 34.5 Å². The summed E-state index contributed by atoms with van der Waals surface area (Å²) in [6.45, 7) is 1.18. The highest BCUT2D eigenvalue weighted by atomic mass is 79.9. The maximum absolute atomic E-state index is 6.28. The van der Waals surface area contributed by atoms with Crippen molar-refractivity contribution < 1.29 is 4.74 Å². The Bertz CT molecular complexity index is 533. The van der Waals surface area contributed by atoms with Gasteiger partial charge in [0, 0.05) is 17.3 Å². The zero-order valence-corrected chi connectivity index (χ0v) is 10.1. The summed E-state index contributed by atoms with van der Waals surface area (Å²) in [4.78, 5) is 0. The molecule has 0 spiro atoms. The minimum Gasteiger partial charge on any atom is -0.379 e. The Kier molecular flexibility index (Phi) is 2.24. The van der Waals surface area contributed by atoms with E-state index in [4.69, 9.17) is 10.5 Å². The second kappa shape index (κ2) is 3.51. The molecule has 16 heavy (non-hydrogen) atoms. The van der Waals surface area contributed by atoms with Crippen molar-refractivity contribution in [3.8, 4) is 0 Å². The van der Waals surface area contributed by atoms with Gasteiger partial charge in [0.15, 0.2) is 11.5 Å². The van der Waals surface area contributed by atoms with Crippen molar-refractivity contribution in [1.82, 2.24) is 14.6 Å². The molecule has 1 unspecified atom stereocenters. The molecule has 2 aromatic heterocycles. The smallest absolute Gasteiger partial charge is 0.160 e. The van der Waals surface area contributed by atoms with Crippen molar-refractivity contribution in [1.29, 1.82) is 0 Å². The third-order valence-corrected chi connectivity index (χ3v) is 3.33. The normalized spacial score (nSPS) is 25.4. The predicted molar refractivity (Wildman–Crippen MR) is 62.0 cm³/mol. The number of pyridine rings is 1. The lowest BCUT2D eigenvalue weighted by atomic mass is 9.99. The Hall–Kier alpha value is -0.980. The highest BCUT2D eigenvalue weighted by molar-refractivity contribution is 9.10. The molecule has 6 heteroatoms. The van der Waals surface area contributed by atoms with Crippen molar-refractivity contribution in [2.75, 3.05) is 13.2 Å². The van der Waals surface area contributed by atoms with E-state index in [1.807, 2.05) is 22.7 Å². The molecule has 0 amide bonds. The van der Waals surface area contributed by atoms with Crippen LogP contribution < -0.4 is 5.73 Å². The average Bonchev–Trinajstić information content (AvgIpc) is 2.84. The van der Waals surface area contributed by atoms with Gasteiger partial charge in [0.1, 0.15) is 5.54 Å². The number of hydrogen-bond donors (Lipinski definition) is 1. The van der Waals surface area contributed by atoms with Gasteiger partial charge in [-0.2, -0.15) is 0 Å². The molecule has 1 saturated heterocycles. The molecule has 5 nitrogen and oxygen atoms in total. The van der Waals surface area contributed by atoms with Crippen molar-refractivity contribution in [3.63, 3.8) is 0 Å². The molecule has 1 atom stereocenters. The van der Waals surface area contributed by atoms with E-state index in [-0.39, 0.29) is 0 Å². The maximum atomic E-state index is 6.28. The largest absolute Gasteiger partial charge is 0.379 e. The Labute approximate surface area is 101 Å². The minimum absolute atomic E-state index is 0.500. The van der Waals surface area contributed by atoms with E-state index in [0.717, 1.165) is 22.4 Å². The van der Waals surface area contributed by atoms with Crippen molar-refractivity contribution in [2.45, 2.75) is 12.0 Å². The fourth-order valence-corrected chi connectivity index (χ4v) is 2.30. The van der Waals surface area contributed by atoms with Crippen LogP contribution in [0.4, 0.5) is 0 Å². The molecule has 0 radical (unpaired) electrons. The summed E-state index contributed by atoms with van der Waals surface area (Å²) in [5, 5.41) is 8.28. The second-order valence-electron chi connectivity index (χ2n) is 4.06. The Balaban J connectivity index is 2.19. The van der Waals surface area contributed by atoms with Crippen LogP contribution in [0.1, 0.15) is 12.2 Å². The second-order valence-corrected chi connectivity index (χ2v) is 4.97. The van der Waals surface area contributed by atoms with Crippen molar-refractivity contribution in [2.24, 2.45) is 5.73 Å². The molecule has 1 aliphatic heterocycles. The summed E-state index contributed by atoms with van der Waals surface area (Å²) in [5.41, 5.74) is 6.56. The van der Waals surface area contributed by atoms with Gasteiger partial charge < -0.3 is 10.5 Å². The first-order chi connectivity index (χ1) is 7.69. The first-order valence-electron chi connectivity index (χ1n) is 5.06. The molecule has 0 bridgehead atoms. The lowest BCUT2D eigenvalue weighted by Gasteiger charge is -2.19. The van der Waals surface area contributed by atoms with Crippen LogP contribution in [0.25, 0.3) is 5.65 Å². The Morgan fingerprint density at radius 3 is 3.06 bits per heavy atom. The number of fused-ring (bicyclic) bond motifs is 1. The van der Waals surface area contributed by atoms with Crippen LogP contribution >= 0.6 is 15.9 Å². The molecule has 0 aliphatic carbocycles. The number of aromatic nitrogens is 3. The lowest BCUT2D eigenvalue weighted by molar-refractivity contribution is 0.176. The van der Waals surface area contributed by atoms with Gasteiger partial charge in [-0.3, -0.25) is 4.40 Å². The van der Waals surface area contributed by atoms with Gasteiger partial charge >= 0.3 is 0 Å². The summed E-state index contributed by atoms with van der Waals surface area (Å²) in [6, 6.07) is 3.84. The van der Waals surface area contributed by atoms with E-state index >= 15 is 0 Å². The van der Waals surface area contributed by atoms with E-state index in [0.29, 0.717) is 13.2 Å². The number of nitrogens with zero attached hydrogens (tertiary/aromatic N) is 3. The van der Waals surface area contributed by atoms with Crippen LogP contribution in [0, 0.1) is 0 Å². The van der Waals surface area contributed by atoms with Crippen LogP contribution in [-0.2, 0) is 10.3 Å². The Morgan fingerprint density at radius 2 is 2.31 bits per heavy atom. The maximum Gasteiger partial charge on any atom is 0.160 e. The highest BCUT2D eigenvalue weighted by Gasteiger charge is 2.36. The first kappa shape index (κ1) is 10.2. The molecule has 3 rings (SSSR count). The average molecular weight is 283 g/mol. The molecule has 0 aromatic carbocycles. The van der Waals surface area contributed by atoms with Crippen LogP contribution in [-0.4, -0.2) is 27.8 Å². The Morgan fingerprint density at radius 1 is 1.44 bits per heavy atom. The number of nitrogens with two attached hydrogens (primary N) is 1. The SMILES string of the molecule is NC1(c2nnc3ccc(Br)cn23)CCOC1. The van der Waals surface area contributed by atoms with Gasteiger partial charge in [0.25, 0.3) is 0 Å². The minimum atomic E-state index is -0.514. The molecule has 2 aromatic rings. The topological polar surface area (TPSA) is 65.4 Å². The highest BCUT2D eigenvalue weighted by Crippen LogP contribution is 2.27. The molecule has 84 valence electrons. The third-order valence-electron chi connectivity index (χ3n) is 2.86. The van der Waals surface area contributed by atoms with Crippen LogP contribution in [0.3, 0.4) is 0 Å². The van der Waals surface area contributed by atoms with E-state index in [9.17, 15) is 0 Å². The van der Waals surface area contributed by atoms with Gasteiger partial charge in [0.2, 0.25) is 0 Å². The number of hydrogen-bond acceptors (Lipinski definition) is 4. The molecule has 0 saturated carbocycles. The zero-order chi connectivity index (χ0) is 11.2. The molecule has 2 N–H and O–H groups in total. The molecular formula is C10H11BrN4O. The van der Waals surface area contributed by atoms with E-state index in [1.54, 1.807) is 0 Å². The molecule has 1 fully saturated rings. The zero-order valence-electron chi connectivity index (χ0n) is 8.56. The van der Waals surface area contributed by atoms with Crippen LogP contribution in [0.5, 0.6) is 0 Å². The standard InChI is InChI=1S/C10H11BrN4O/c11-7-1-2-8-13-14-9(15(8)5-7)10(12)3-4-16-6-10/h1-2,5H,3-4,6,12H2. The van der Waals surface area contributed by atoms with E-state index in [1.165, 1.54) is 0 Å². The van der Waals surface area contributed by atoms with Gasteiger partial charge in [-0.25, -0.2) is 0 Å². The van der Waals surface area contributed by atoms with Crippen molar-refractivity contribution in [3.05, 3.63) is 28.6 Å². The summed E-state index contributed by atoms with van der Waals surface area (Å²) >= 11 is 3.43. The number of rotatable bonds is 1. The molecule has 3 heterocycles. The number of halogens is 1. The van der Waals surface area contributed by atoms with Gasteiger partial charge in [-0.1, -0.05) is 0 Å². The molecule has 1 aliphatic rings. The first-order valence-corrected chi connectivity index (χ1v) is 5.86. The fraction of sp³-hybridized carbons (Fsp3) is 0.400. The molecular weight excluding hydrogens is 272 g/mol. The predicted octanol–water partition coefficient (Wildman–Crippen LogP) is 1.07.